The van der Waals surface area contributed by atoms with Gasteiger partial charge in [0.25, 0.3) is 6.02 Å². The van der Waals surface area contributed by atoms with Crippen molar-refractivity contribution in [1.29, 1.82) is 0 Å². The summed E-state index contributed by atoms with van der Waals surface area (Å²) >= 11 is 0. The van der Waals surface area contributed by atoms with Gasteiger partial charge in [0.1, 0.15) is 5.82 Å². The Balaban J connectivity index is 1.76. The topological polar surface area (TPSA) is 63.4 Å². The van der Waals surface area contributed by atoms with Gasteiger partial charge in [-0.05, 0) is 37.6 Å². The maximum Gasteiger partial charge on any atom is 0.310 e. The van der Waals surface area contributed by atoms with Crippen LogP contribution < -0.4 is 5.73 Å². The summed E-state index contributed by atoms with van der Waals surface area (Å²) in [5, 5.41) is 0.610. The van der Waals surface area contributed by atoms with E-state index in [0.717, 1.165) is 16.8 Å². The van der Waals surface area contributed by atoms with Crippen LogP contribution in [0.2, 0.25) is 0 Å². The molecule has 7 heteroatoms. The Morgan fingerprint density at radius 1 is 1.18 bits per heavy atom. The Kier molecular flexibility index (Phi) is 4.14. The lowest BCUT2D eigenvalue weighted by Gasteiger charge is -2.37. The van der Waals surface area contributed by atoms with E-state index in [0.29, 0.717) is 17.3 Å². The van der Waals surface area contributed by atoms with Crippen LogP contribution in [0, 0.1) is 12.7 Å². The fraction of sp³-hybridized carbons (Fsp3) is 0.286. The first-order chi connectivity index (χ1) is 13.2. The molecule has 2 aromatic carbocycles. The fourth-order valence-electron chi connectivity index (χ4n) is 3.50. The number of alkyl halides is 2. The van der Waals surface area contributed by atoms with Crippen LogP contribution in [-0.4, -0.2) is 23.5 Å². The molecule has 0 amide bonds. The smallest absolute Gasteiger partial charge is 0.310 e. The highest BCUT2D eigenvalue weighted by Gasteiger charge is 2.56. The van der Waals surface area contributed by atoms with Crippen LogP contribution in [0.25, 0.3) is 10.9 Å². The summed E-state index contributed by atoms with van der Waals surface area (Å²) in [6.45, 7) is 2.24. The second-order valence-electron chi connectivity index (χ2n) is 7.39. The molecule has 0 radical (unpaired) electrons. The maximum absolute atomic E-state index is 14.8. The van der Waals surface area contributed by atoms with Crippen LogP contribution in [-0.2, 0) is 16.7 Å². The van der Waals surface area contributed by atoms with E-state index in [2.05, 4.69) is 14.7 Å². The molecule has 1 unspecified atom stereocenters. The van der Waals surface area contributed by atoms with Crippen LogP contribution in [0.1, 0.15) is 29.3 Å². The number of nitrogens with zero attached hydrogens (tertiary/aromatic N) is 1. The van der Waals surface area contributed by atoms with Crippen molar-refractivity contribution in [3.8, 4) is 0 Å². The van der Waals surface area contributed by atoms with Gasteiger partial charge in [0.2, 0.25) is 0 Å². The van der Waals surface area contributed by atoms with Gasteiger partial charge in [0, 0.05) is 28.6 Å². The molecule has 0 fully saturated rings. The molecule has 0 saturated carbocycles. The van der Waals surface area contributed by atoms with E-state index in [1.54, 1.807) is 0 Å². The number of aryl methyl sites for hydroxylation is 1. The highest BCUT2D eigenvalue weighted by atomic mass is 19.3. The molecule has 1 aliphatic heterocycles. The van der Waals surface area contributed by atoms with Gasteiger partial charge >= 0.3 is 5.92 Å². The summed E-state index contributed by atoms with van der Waals surface area (Å²) < 4.78 is 48.6. The number of nitrogens with two attached hydrogens (primary N) is 1. The Morgan fingerprint density at radius 3 is 2.61 bits per heavy atom. The molecule has 0 bridgehead atoms. The molecule has 1 atom stereocenters. The third-order valence-electron chi connectivity index (χ3n) is 5.25. The van der Waals surface area contributed by atoms with Gasteiger partial charge < -0.3 is 15.5 Å². The maximum atomic E-state index is 14.8. The Labute approximate surface area is 160 Å². The number of H-pyrrole nitrogens is 1. The first-order valence-corrected chi connectivity index (χ1v) is 8.91. The largest absolute Gasteiger partial charge is 0.459 e. The second kappa shape index (κ2) is 6.29. The van der Waals surface area contributed by atoms with Gasteiger partial charge in [-0.1, -0.05) is 29.8 Å². The number of nitrogens with one attached hydrogen (secondary N) is 1. The predicted octanol–water partition coefficient (Wildman–Crippen LogP) is 4.40. The zero-order chi connectivity index (χ0) is 20.1. The molecule has 0 spiro atoms. The van der Waals surface area contributed by atoms with Crippen LogP contribution in [0.4, 0.5) is 13.2 Å². The number of halogens is 3. The number of aromatic nitrogens is 1. The number of hydrogen-bond donors (Lipinski definition) is 2. The predicted molar refractivity (Wildman–Crippen MR) is 102 cm³/mol. The standard InChI is InChI=1S/C21H20F3N3O/c1-12-3-5-13(6-4-12)7-15-8-14-9-17(22)16(10-18(14)26-15)20(2)21(23,24)11-28-19(25)27-20/h3-6,8-10,26H,7,11H2,1-2H3,(H2,25,27). The molecule has 3 N–H and O–H groups in total. The second-order valence-corrected chi connectivity index (χ2v) is 7.39. The molecule has 3 aromatic rings. The summed E-state index contributed by atoms with van der Waals surface area (Å²) in [4.78, 5) is 6.95. The fourth-order valence-corrected chi connectivity index (χ4v) is 3.50. The summed E-state index contributed by atoms with van der Waals surface area (Å²) in [7, 11) is 0. The van der Waals surface area contributed by atoms with Gasteiger partial charge in [-0.15, -0.1) is 0 Å². The van der Waals surface area contributed by atoms with Gasteiger partial charge in [0.05, 0.1) is 0 Å². The van der Waals surface area contributed by atoms with Crippen LogP contribution in [0.3, 0.4) is 0 Å². The monoisotopic (exact) mass is 387 g/mol. The normalized spacial score (nSPS) is 21.4. The quantitative estimate of drug-likeness (QED) is 0.700. The zero-order valence-corrected chi connectivity index (χ0v) is 15.5. The molecule has 28 heavy (non-hydrogen) atoms. The minimum Gasteiger partial charge on any atom is -0.459 e. The highest BCUT2D eigenvalue weighted by Crippen LogP contribution is 2.45. The number of hydrogen-bond acceptors (Lipinski definition) is 3. The Hall–Kier alpha value is -2.96. The van der Waals surface area contributed by atoms with Crippen molar-refractivity contribution >= 4 is 16.9 Å². The van der Waals surface area contributed by atoms with Crippen LogP contribution in [0.5, 0.6) is 0 Å². The third-order valence-corrected chi connectivity index (χ3v) is 5.25. The Bertz CT molecular complexity index is 1070. The van der Waals surface area contributed by atoms with Crippen molar-refractivity contribution in [2.75, 3.05) is 6.61 Å². The molecule has 4 rings (SSSR count). The van der Waals surface area contributed by atoms with Gasteiger partial charge in [-0.25, -0.2) is 9.38 Å². The number of amidine groups is 1. The molecule has 0 aliphatic carbocycles. The summed E-state index contributed by atoms with van der Waals surface area (Å²) in [6, 6.07) is 12.2. The van der Waals surface area contributed by atoms with Crippen LogP contribution >= 0.6 is 0 Å². The molecular weight excluding hydrogens is 367 g/mol. The van der Waals surface area contributed by atoms with Crippen molar-refractivity contribution in [3.05, 3.63) is 70.7 Å². The van der Waals surface area contributed by atoms with E-state index in [4.69, 9.17) is 5.73 Å². The minimum absolute atomic E-state index is 0.222. The Morgan fingerprint density at radius 2 is 1.89 bits per heavy atom. The first kappa shape index (κ1) is 18.4. The molecule has 1 aromatic heterocycles. The van der Waals surface area contributed by atoms with Gasteiger partial charge in [-0.2, -0.15) is 8.78 Å². The highest BCUT2D eigenvalue weighted by molar-refractivity contribution is 5.82. The molecule has 4 nitrogen and oxygen atoms in total. The first-order valence-electron chi connectivity index (χ1n) is 8.91. The van der Waals surface area contributed by atoms with Crippen molar-refractivity contribution in [2.45, 2.75) is 31.7 Å². The molecule has 146 valence electrons. The number of fused-ring (bicyclic) bond motifs is 1. The number of aromatic amines is 1. The number of benzene rings is 2. The van der Waals surface area contributed by atoms with Crippen molar-refractivity contribution in [1.82, 2.24) is 4.98 Å². The van der Waals surface area contributed by atoms with E-state index in [1.165, 1.54) is 19.1 Å². The third kappa shape index (κ3) is 3.00. The lowest BCUT2D eigenvalue weighted by atomic mass is 9.85. The van der Waals surface area contributed by atoms with Gasteiger partial charge in [0.15, 0.2) is 12.1 Å². The lowest BCUT2D eigenvalue weighted by molar-refractivity contribution is -0.117. The minimum atomic E-state index is -3.40. The van der Waals surface area contributed by atoms with Crippen molar-refractivity contribution in [2.24, 2.45) is 10.7 Å². The lowest BCUT2D eigenvalue weighted by Crippen LogP contribution is -2.51. The summed E-state index contributed by atoms with van der Waals surface area (Å²) in [6.07, 6.45) is 0.623. The molecular formula is C21H20F3N3O. The van der Waals surface area contributed by atoms with E-state index in [-0.39, 0.29) is 11.6 Å². The van der Waals surface area contributed by atoms with Gasteiger partial charge in [-0.3, -0.25) is 0 Å². The van der Waals surface area contributed by atoms with E-state index >= 15 is 0 Å². The average Bonchev–Trinajstić information content (AvgIpc) is 3.01. The SMILES string of the molecule is Cc1ccc(Cc2cc3cc(F)c(C4(C)N=C(N)OCC4(F)F)cc3[nH]2)cc1. The van der Waals surface area contributed by atoms with Crippen molar-refractivity contribution < 1.29 is 17.9 Å². The summed E-state index contributed by atoms with van der Waals surface area (Å²) in [5.41, 5.74) is 6.82. The average molecular weight is 387 g/mol. The van der Waals surface area contributed by atoms with E-state index < -0.39 is 23.9 Å². The number of ether oxygens (including phenoxy) is 1. The van der Waals surface area contributed by atoms with Crippen molar-refractivity contribution in [3.63, 3.8) is 0 Å². The number of aliphatic imine (C=N–C) groups is 1. The molecule has 1 aliphatic rings. The molecule has 2 heterocycles. The van der Waals surface area contributed by atoms with E-state index in [9.17, 15) is 13.2 Å². The summed E-state index contributed by atoms with van der Waals surface area (Å²) in [5.74, 6) is -4.16. The number of rotatable bonds is 3. The molecule has 0 saturated heterocycles. The van der Waals surface area contributed by atoms with Crippen LogP contribution in [0.15, 0.2) is 47.5 Å². The van der Waals surface area contributed by atoms with E-state index in [1.807, 2.05) is 37.3 Å². The zero-order valence-electron chi connectivity index (χ0n) is 15.5.